The summed E-state index contributed by atoms with van der Waals surface area (Å²) in [6, 6.07) is 0. The Morgan fingerprint density at radius 1 is 1.41 bits per heavy atom. The Labute approximate surface area is 114 Å². The molecule has 0 aliphatic heterocycles. The third-order valence-electron chi connectivity index (χ3n) is 2.04. The van der Waals surface area contributed by atoms with Gasteiger partial charge in [0.25, 0.3) is 0 Å². The Bertz CT molecular complexity index is 343. The molecule has 0 N–H and O–H groups in total. The second-order valence-electron chi connectivity index (χ2n) is 4.68. The van der Waals surface area contributed by atoms with Crippen molar-refractivity contribution in [1.29, 1.82) is 0 Å². The highest BCUT2D eigenvalue weighted by Crippen LogP contribution is 2.31. The van der Waals surface area contributed by atoms with E-state index in [0.717, 1.165) is 0 Å². The average Bonchev–Trinajstić information content (AvgIpc) is 2.16. The van der Waals surface area contributed by atoms with E-state index in [9.17, 15) is 4.79 Å². The van der Waals surface area contributed by atoms with Gasteiger partial charge >= 0.3 is 5.97 Å². The minimum atomic E-state index is -1.46. The van der Waals surface area contributed by atoms with Gasteiger partial charge in [-0.2, -0.15) is 0 Å². The Morgan fingerprint density at radius 2 is 1.94 bits per heavy atom. The van der Waals surface area contributed by atoms with E-state index in [-0.39, 0.29) is 5.97 Å². The predicted octanol–water partition coefficient (Wildman–Crippen LogP) is 4.19. The van der Waals surface area contributed by atoms with Crippen LogP contribution in [0.5, 0.6) is 0 Å². The van der Waals surface area contributed by atoms with Crippen molar-refractivity contribution in [2.75, 3.05) is 12.9 Å². The van der Waals surface area contributed by atoms with Crippen LogP contribution in [-0.2, 0) is 9.53 Å². The average molecular weight is 293 g/mol. The molecule has 0 aromatic heterocycles. The fourth-order valence-corrected chi connectivity index (χ4v) is 6.06. The number of halogens is 1. The monoisotopic (exact) mass is 292 g/mol. The first-order valence-electron chi connectivity index (χ1n) is 5.53. The van der Waals surface area contributed by atoms with Crippen molar-refractivity contribution >= 4 is 37.4 Å². The van der Waals surface area contributed by atoms with E-state index < -0.39 is 8.07 Å². The molecule has 2 nitrogen and oxygen atoms in total. The number of hydrogen-bond donors (Lipinski definition) is 0. The second kappa shape index (κ2) is 7.29. The van der Waals surface area contributed by atoms with E-state index >= 15 is 0 Å². The molecule has 0 fully saturated rings. The zero-order valence-corrected chi connectivity index (χ0v) is 14.0. The zero-order valence-electron chi connectivity index (χ0n) is 11.4. The Kier molecular flexibility index (Phi) is 7.20. The highest BCUT2D eigenvalue weighted by atomic mass is 35.5. The number of ether oxygens (including phenoxy) is 1. The molecule has 5 heteroatoms. The molecule has 0 atom stereocenters. The van der Waals surface area contributed by atoms with E-state index in [1.807, 2.05) is 6.26 Å². The summed E-state index contributed by atoms with van der Waals surface area (Å²) in [6.45, 7) is 10.6. The van der Waals surface area contributed by atoms with Gasteiger partial charge in [-0.25, -0.2) is 4.79 Å². The van der Waals surface area contributed by atoms with Gasteiger partial charge in [0.1, 0.15) is 0 Å². The van der Waals surface area contributed by atoms with Crippen LogP contribution in [0.4, 0.5) is 0 Å². The number of thioether (sulfide) groups is 1. The molecule has 0 rings (SSSR count). The fraction of sp³-hybridized carbons (Fsp3) is 0.583. The van der Waals surface area contributed by atoms with Crippen molar-refractivity contribution in [3.63, 3.8) is 0 Å². The SMILES string of the molecule is CCOC(=O)/C(C)=C/C(Cl)=C(\SC)[Si](C)(C)C. The number of rotatable bonds is 5. The summed E-state index contributed by atoms with van der Waals surface area (Å²) < 4.78 is 6.12. The first-order valence-corrected chi connectivity index (χ1v) is 10.6. The molecular formula is C12H21ClO2SSi. The van der Waals surface area contributed by atoms with Crippen LogP contribution in [0.25, 0.3) is 0 Å². The van der Waals surface area contributed by atoms with Crippen LogP contribution in [-0.4, -0.2) is 26.9 Å². The van der Waals surface area contributed by atoms with Gasteiger partial charge in [0.05, 0.1) is 14.7 Å². The molecule has 0 saturated heterocycles. The van der Waals surface area contributed by atoms with Crippen molar-refractivity contribution in [2.24, 2.45) is 0 Å². The van der Waals surface area contributed by atoms with Crippen molar-refractivity contribution in [3.05, 3.63) is 21.2 Å². The van der Waals surface area contributed by atoms with Crippen LogP contribution in [0.3, 0.4) is 0 Å². The molecule has 0 aromatic carbocycles. The minimum absolute atomic E-state index is 0.304. The molecule has 0 saturated carbocycles. The van der Waals surface area contributed by atoms with Gasteiger partial charge in [0, 0.05) is 10.6 Å². The number of esters is 1. The summed E-state index contributed by atoms with van der Waals surface area (Å²) in [6.07, 6.45) is 3.73. The summed E-state index contributed by atoms with van der Waals surface area (Å²) >= 11 is 7.94. The van der Waals surface area contributed by atoms with E-state index in [1.54, 1.807) is 31.7 Å². The maximum absolute atomic E-state index is 11.5. The Hall–Kier alpha value is -0.193. The van der Waals surface area contributed by atoms with Crippen molar-refractivity contribution in [3.8, 4) is 0 Å². The van der Waals surface area contributed by atoms with E-state index in [2.05, 4.69) is 19.6 Å². The maximum Gasteiger partial charge on any atom is 0.333 e. The molecule has 0 unspecified atom stereocenters. The standard InChI is InChI=1S/C12H21ClO2SSi/c1-7-15-11(14)9(2)8-10(13)12(16-3)17(4,5)6/h8H,7H2,1-6H3/b9-8+,12-10-. The lowest BCUT2D eigenvalue weighted by Gasteiger charge is -2.20. The number of hydrogen-bond acceptors (Lipinski definition) is 3. The van der Waals surface area contributed by atoms with Gasteiger partial charge < -0.3 is 4.74 Å². The molecule has 0 heterocycles. The normalized spacial score (nSPS) is 14.4. The molecule has 17 heavy (non-hydrogen) atoms. The first-order chi connectivity index (χ1) is 7.73. The lowest BCUT2D eigenvalue weighted by atomic mass is 10.3. The predicted molar refractivity (Wildman–Crippen MR) is 80.1 cm³/mol. The van der Waals surface area contributed by atoms with Crippen molar-refractivity contribution in [1.82, 2.24) is 0 Å². The van der Waals surface area contributed by atoms with E-state index in [0.29, 0.717) is 17.2 Å². The van der Waals surface area contributed by atoms with Crippen LogP contribution in [0.2, 0.25) is 19.6 Å². The third kappa shape index (κ3) is 5.79. The summed E-state index contributed by atoms with van der Waals surface area (Å²) in [5.74, 6) is -0.304. The Morgan fingerprint density at radius 3 is 2.29 bits per heavy atom. The molecule has 0 bridgehead atoms. The van der Waals surface area contributed by atoms with Crippen LogP contribution in [0.15, 0.2) is 21.2 Å². The van der Waals surface area contributed by atoms with Gasteiger partial charge in [-0.15, -0.1) is 11.8 Å². The van der Waals surface area contributed by atoms with E-state index in [1.165, 1.54) is 4.53 Å². The van der Waals surface area contributed by atoms with Crippen LogP contribution in [0, 0.1) is 0 Å². The Balaban J connectivity index is 5.15. The van der Waals surface area contributed by atoms with E-state index in [4.69, 9.17) is 16.3 Å². The maximum atomic E-state index is 11.5. The summed E-state index contributed by atoms with van der Waals surface area (Å²) in [5, 5.41) is 0.669. The molecule has 0 radical (unpaired) electrons. The lowest BCUT2D eigenvalue weighted by molar-refractivity contribution is -0.138. The van der Waals surface area contributed by atoms with Crippen LogP contribution in [0.1, 0.15) is 13.8 Å². The molecular weight excluding hydrogens is 272 g/mol. The summed E-state index contributed by atoms with van der Waals surface area (Å²) in [7, 11) is -1.46. The van der Waals surface area contributed by atoms with Crippen molar-refractivity contribution < 1.29 is 9.53 Å². The molecule has 0 aliphatic carbocycles. The van der Waals surface area contributed by atoms with Gasteiger partial charge in [0.2, 0.25) is 0 Å². The molecule has 0 aromatic rings. The number of allylic oxidation sites excluding steroid dienone is 2. The topological polar surface area (TPSA) is 26.3 Å². The summed E-state index contributed by atoms with van der Waals surface area (Å²) in [4.78, 5) is 11.5. The third-order valence-corrected chi connectivity index (χ3v) is 7.32. The quantitative estimate of drug-likeness (QED) is 0.329. The van der Waals surface area contributed by atoms with Crippen LogP contribution >= 0.6 is 23.4 Å². The van der Waals surface area contributed by atoms with Gasteiger partial charge in [-0.05, 0) is 30.7 Å². The highest BCUT2D eigenvalue weighted by molar-refractivity contribution is 8.04. The minimum Gasteiger partial charge on any atom is -0.463 e. The van der Waals surface area contributed by atoms with Crippen LogP contribution < -0.4 is 0 Å². The number of carbonyl (C=O) groups excluding carboxylic acids is 1. The fourth-order valence-electron chi connectivity index (χ4n) is 1.32. The zero-order chi connectivity index (χ0) is 13.6. The van der Waals surface area contributed by atoms with Gasteiger partial charge in [0.15, 0.2) is 0 Å². The smallest absolute Gasteiger partial charge is 0.333 e. The largest absolute Gasteiger partial charge is 0.463 e. The molecule has 0 spiro atoms. The number of carbonyl (C=O) groups is 1. The second-order valence-corrected chi connectivity index (χ2v) is 11.3. The molecule has 0 aliphatic rings. The lowest BCUT2D eigenvalue weighted by Crippen LogP contribution is -2.22. The highest BCUT2D eigenvalue weighted by Gasteiger charge is 2.22. The molecule has 98 valence electrons. The molecule has 0 amide bonds. The first kappa shape index (κ1) is 16.8. The van der Waals surface area contributed by atoms with Crippen molar-refractivity contribution in [2.45, 2.75) is 33.5 Å². The summed E-state index contributed by atoms with van der Waals surface area (Å²) in [5.41, 5.74) is 0.543. The van der Waals surface area contributed by atoms with Gasteiger partial charge in [-0.1, -0.05) is 31.2 Å². The van der Waals surface area contributed by atoms with Gasteiger partial charge in [-0.3, -0.25) is 0 Å².